The Bertz CT molecular complexity index is 1210. The van der Waals surface area contributed by atoms with Gasteiger partial charge in [0.25, 0.3) is 0 Å². The first-order chi connectivity index (χ1) is 14.3. The molecule has 0 radical (unpaired) electrons. The van der Waals surface area contributed by atoms with Gasteiger partial charge in [0.05, 0.1) is 11.9 Å². The topological polar surface area (TPSA) is 70.6 Å². The highest BCUT2D eigenvalue weighted by atomic mass is 32.2. The van der Waals surface area contributed by atoms with Gasteiger partial charge in [-0.3, -0.25) is 9.78 Å². The van der Waals surface area contributed by atoms with Gasteiger partial charge in [-0.1, -0.05) is 24.3 Å². The number of hydrogen-bond acceptors (Lipinski definition) is 4. The summed E-state index contributed by atoms with van der Waals surface area (Å²) in [4.78, 5) is 18.7. The van der Waals surface area contributed by atoms with E-state index >= 15 is 0 Å². The highest BCUT2D eigenvalue weighted by molar-refractivity contribution is 7.89. The third-order valence-corrected chi connectivity index (χ3v) is 7.19. The molecule has 1 saturated heterocycles. The molecule has 2 heterocycles. The Kier molecular flexibility index (Phi) is 5.53. The molecule has 1 aromatic heterocycles. The third-order valence-electron chi connectivity index (χ3n) is 5.26. The van der Waals surface area contributed by atoms with Crippen LogP contribution < -0.4 is 0 Å². The van der Waals surface area contributed by atoms with Crippen LogP contribution in [0.5, 0.6) is 0 Å². The standard InChI is InChI=1S/C22H22FN3O3S/c1-16-12-18-5-3-7-20(22(18)24-15-16)30(28,29)26-10-8-25(9-11-26)21(27)14-17-4-2-6-19(23)13-17/h2-7,12-13,15H,8-11,14H2,1H3. The lowest BCUT2D eigenvalue weighted by atomic mass is 10.1. The van der Waals surface area contributed by atoms with E-state index in [2.05, 4.69) is 4.98 Å². The Morgan fingerprint density at radius 2 is 1.80 bits per heavy atom. The molecule has 4 rings (SSSR count). The summed E-state index contributed by atoms with van der Waals surface area (Å²) >= 11 is 0. The van der Waals surface area contributed by atoms with Crippen LogP contribution in [-0.4, -0.2) is 54.7 Å². The zero-order valence-electron chi connectivity index (χ0n) is 16.6. The molecular weight excluding hydrogens is 405 g/mol. The second-order valence-corrected chi connectivity index (χ2v) is 9.34. The average molecular weight is 428 g/mol. The molecule has 1 aliphatic heterocycles. The lowest BCUT2D eigenvalue weighted by molar-refractivity contribution is -0.131. The number of aryl methyl sites for hydroxylation is 1. The van der Waals surface area contributed by atoms with Crippen molar-refractivity contribution in [3.8, 4) is 0 Å². The smallest absolute Gasteiger partial charge is 0.245 e. The van der Waals surface area contributed by atoms with Gasteiger partial charge in [0, 0.05) is 37.8 Å². The van der Waals surface area contributed by atoms with Crippen LogP contribution in [-0.2, 0) is 21.2 Å². The van der Waals surface area contributed by atoms with Crippen molar-refractivity contribution in [3.05, 3.63) is 71.7 Å². The maximum atomic E-state index is 13.3. The number of pyridine rings is 1. The molecule has 0 aliphatic carbocycles. The predicted molar refractivity (Wildman–Crippen MR) is 112 cm³/mol. The number of hydrogen-bond donors (Lipinski definition) is 0. The normalized spacial score (nSPS) is 15.5. The number of piperazine rings is 1. The molecule has 6 nitrogen and oxygen atoms in total. The van der Waals surface area contributed by atoms with Crippen molar-refractivity contribution < 1.29 is 17.6 Å². The lowest BCUT2D eigenvalue weighted by Crippen LogP contribution is -2.50. The van der Waals surface area contributed by atoms with Crippen LogP contribution in [0.4, 0.5) is 4.39 Å². The summed E-state index contributed by atoms with van der Waals surface area (Å²) in [5.41, 5.74) is 2.02. The van der Waals surface area contributed by atoms with Gasteiger partial charge in [0.15, 0.2) is 0 Å². The van der Waals surface area contributed by atoms with E-state index in [4.69, 9.17) is 0 Å². The number of nitrogens with zero attached hydrogens (tertiary/aromatic N) is 3. The van der Waals surface area contributed by atoms with Gasteiger partial charge in [-0.25, -0.2) is 12.8 Å². The number of rotatable bonds is 4. The highest BCUT2D eigenvalue weighted by Crippen LogP contribution is 2.25. The monoisotopic (exact) mass is 427 g/mol. The van der Waals surface area contributed by atoms with Crippen LogP contribution in [0.2, 0.25) is 0 Å². The molecule has 0 N–H and O–H groups in total. The fourth-order valence-corrected chi connectivity index (χ4v) is 5.29. The van der Waals surface area contributed by atoms with Crippen molar-refractivity contribution in [2.24, 2.45) is 0 Å². The van der Waals surface area contributed by atoms with Gasteiger partial charge in [0.1, 0.15) is 10.7 Å². The first kappa shape index (κ1) is 20.4. The summed E-state index contributed by atoms with van der Waals surface area (Å²) in [6.07, 6.45) is 1.75. The zero-order chi connectivity index (χ0) is 21.3. The number of amides is 1. The van der Waals surface area contributed by atoms with Gasteiger partial charge in [-0.15, -0.1) is 0 Å². The average Bonchev–Trinajstić information content (AvgIpc) is 2.73. The van der Waals surface area contributed by atoms with Crippen LogP contribution in [0, 0.1) is 12.7 Å². The first-order valence-electron chi connectivity index (χ1n) is 9.72. The SMILES string of the molecule is Cc1cnc2c(S(=O)(=O)N3CCN(C(=O)Cc4cccc(F)c4)CC3)cccc2c1. The van der Waals surface area contributed by atoms with E-state index in [1.807, 2.05) is 19.1 Å². The number of halogens is 1. The van der Waals surface area contributed by atoms with E-state index < -0.39 is 10.0 Å². The van der Waals surface area contributed by atoms with Crippen LogP contribution in [0.3, 0.4) is 0 Å². The molecule has 30 heavy (non-hydrogen) atoms. The number of carbonyl (C=O) groups is 1. The largest absolute Gasteiger partial charge is 0.340 e. The van der Waals surface area contributed by atoms with Crippen LogP contribution >= 0.6 is 0 Å². The van der Waals surface area contributed by atoms with Crippen molar-refractivity contribution in [1.82, 2.24) is 14.2 Å². The van der Waals surface area contributed by atoms with Crippen molar-refractivity contribution >= 4 is 26.8 Å². The molecule has 0 unspecified atom stereocenters. The van der Waals surface area contributed by atoms with E-state index in [1.54, 1.807) is 35.4 Å². The second-order valence-electron chi connectivity index (χ2n) is 7.43. The van der Waals surface area contributed by atoms with Crippen LogP contribution in [0.25, 0.3) is 10.9 Å². The van der Waals surface area contributed by atoms with E-state index in [1.165, 1.54) is 16.4 Å². The van der Waals surface area contributed by atoms with Gasteiger partial charge >= 0.3 is 0 Å². The van der Waals surface area contributed by atoms with Crippen LogP contribution in [0.1, 0.15) is 11.1 Å². The fraction of sp³-hybridized carbons (Fsp3) is 0.273. The first-order valence-corrected chi connectivity index (χ1v) is 11.2. The van der Waals surface area contributed by atoms with E-state index in [0.29, 0.717) is 24.2 Å². The van der Waals surface area contributed by atoms with E-state index in [9.17, 15) is 17.6 Å². The summed E-state index contributed by atoms with van der Waals surface area (Å²) in [7, 11) is -3.73. The maximum Gasteiger partial charge on any atom is 0.245 e. The van der Waals surface area contributed by atoms with Crippen molar-refractivity contribution in [3.63, 3.8) is 0 Å². The number of carbonyl (C=O) groups excluding carboxylic acids is 1. The minimum atomic E-state index is -3.73. The number of aromatic nitrogens is 1. The molecule has 156 valence electrons. The number of sulfonamides is 1. The molecule has 0 spiro atoms. The molecule has 1 amide bonds. The number of para-hydroxylation sites is 1. The zero-order valence-corrected chi connectivity index (χ0v) is 17.4. The maximum absolute atomic E-state index is 13.3. The molecule has 0 bridgehead atoms. The Labute approximate surface area is 175 Å². The van der Waals surface area contributed by atoms with Gasteiger partial charge in [0.2, 0.25) is 15.9 Å². The van der Waals surface area contributed by atoms with Crippen molar-refractivity contribution in [2.75, 3.05) is 26.2 Å². The summed E-state index contributed by atoms with van der Waals surface area (Å²) in [6, 6.07) is 13.0. The van der Waals surface area contributed by atoms with Crippen molar-refractivity contribution in [2.45, 2.75) is 18.2 Å². The predicted octanol–water partition coefficient (Wildman–Crippen LogP) is 2.76. The Morgan fingerprint density at radius 1 is 1.07 bits per heavy atom. The lowest BCUT2D eigenvalue weighted by Gasteiger charge is -2.34. The van der Waals surface area contributed by atoms with E-state index in [0.717, 1.165) is 10.9 Å². The molecule has 2 aromatic carbocycles. The molecule has 8 heteroatoms. The Hall–Kier alpha value is -2.84. The molecule has 1 fully saturated rings. The van der Waals surface area contributed by atoms with Gasteiger partial charge in [-0.2, -0.15) is 4.31 Å². The molecule has 1 aliphatic rings. The minimum Gasteiger partial charge on any atom is -0.340 e. The third kappa shape index (κ3) is 4.06. The van der Waals surface area contributed by atoms with Crippen LogP contribution in [0.15, 0.2) is 59.6 Å². The minimum absolute atomic E-state index is 0.0943. The summed E-state index contributed by atoms with van der Waals surface area (Å²) in [5.74, 6) is -0.518. The molecule has 3 aromatic rings. The summed E-state index contributed by atoms with van der Waals surface area (Å²) in [6.45, 7) is 2.92. The van der Waals surface area contributed by atoms with Crippen molar-refractivity contribution in [1.29, 1.82) is 0 Å². The summed E-state index contributed by atoms with van der Waals surface area (Å²) < 4.78 is 41.2. The Balaban J connectivity index is 1.48. The van der Waals surface area contributed by atoms with Gasteiger partial charge < -0.3 is 4.90 Å². The second kappa shape index (κ2) is 8.12. The molecule has 0 atom stereocenters. The molecule has 0 saturated carbocycles. The summed E-state index contributed by atoms with van der Waals surface area (Å²) in [5, 5.41) is 0.778. The highest BCUT2D eigenvalue weighted by Gasteiger charge is 2.31. The molecular formula is C22H22FN3O3S. The van der Waals surface area contributed by atoms with Gasteiger partial charge in [-0.05, 0) is 42.3 Å². The number of benzene rings is 2. The quantitative estimate of drug-likeness (QED) is 0.642. The van der Waals surface area contributed by atoms with E-state index in [-0.39, 0.29) is 36.1 Å². The fourth-order valence-electron chi connectivity index (χ4n) is 3.70. The Morgan fingerprint density at radius 3 is 2.53 bits per heavy atom. The number of fused-ring (bicyclic) bond motifs is 1.